The maximum atomic E-state index is 5.81. The van der Waals surface area contributed by atoms with Crippen molar-refractivity contribution in [3.8, 4) is 11.5 Å². The molecular weight excluding hydrogens is 238 g/mol. The summed E-state index contributed by atoms with van der Waals surface area (Å²) in [5.74, 6) is 2.26. The van der Waals surface area contributed by atoms with Crippen LogP contribution in [0.3, 0.4) is 0 Å². The van der Waals surface area contributed by atoms with E-state index in [1.54, 1.807) is 0 Å². The summed E-state index contributed by atoms with van der Waals surface area (Å²) in [6.07, 6.45) is 4.87. The van der Waals surface area contributed by atoms with Gasteiger partial charge in [0, 0.05) is 5.92 Å². The fraction of sp³-hybridized carbons (Fsp3) is 0.625. The Kier molecular flexibility index (Phi) is 5.52. The molecule has 0 saturated heterocycles. The third-order valence-corrected chi connectivity index (χ3v) is 3.45. The molecule has 1 N–H and O–H groups in total. The Bertz CT molecular complexity index is 392. The lowest BCUT2D eigenvalue weighted by Gasteiger charge is -2.09. The second-order valence-electron chi connectivity index (χ2n) is 5.42. The Morgan fingerprint density at radius 2 is 1.89 bits per heavy atom. The molecule has 0 bridgehead atoms. The molecule has 1 aliphatic rings. The van der Waals surface area contributed by atoms with Crippen LogP contribution >= 0.6 is 0 Å². The Balaban J connectivity index is 1.86. The van der Waals surface area contributed by atoms with Crippen molar-refractivity contribution in [1.29, 1.82) is 0 Å². The van der Waals surface area contributed by atoms with Crippen LogP contribution in [0.2, 0.25) is 0 Å². The molecule has 1 atom stereocenters. The Morgan fingerprint density at radius 3 is 2.68 bits per heavy atom. The number of benzene rings is 1. The van der Waals surface area contributed by atoms with Crippen LogP contribution in [0.15, 0.2) is 18.2 Å². The Labute approximate surface area is 116 Å². The highest BCUT2D eigenvalue weighted by molar-refractivity contribution is 5.43. The number of ether oxygens (including phenoxy) is 2. The number of hydrogen-bond acceptors (Lipinski definition) is 3. The van der Waals surface area contributed by atoms with E-state index in [0.717, 1.165) is 37.7 Å². The van der Waals surface area contributed by atoms with Gasteiger partial charge < -0.3 is 14.8 Å². The lowest BCUT2D eigenvalue weighted by Crippen LogP contribution is -2.12. The molecule has 3 heteroatoms. The Hall–Kier alpha value is -1.22. The maximum Gasteiger partial charge on any atom is 0.161 e. The van der Waals surface area contributed by atoms with Gasteiger partial charge in [-0.1, -0.05) is 19.4 Å². The van der Waals surface area contributed by atoms with Crippen LogP contribution < -0.4 is 14.8 Å². The van der Waals surface area contributed by atoms with Crippen molar-refractivity contribution >= 4 is 0 Å². The number of fused-ring (bicyclic) bond motifs is 1. The first-order valence-corrected chi connectivity index (χ1v) is 7.32. The van der Waals surface area contributed by atoms with Gasteiger partial charge in [0.15, 0.2) is 11.5 Å². The van der Waals surface area contributed by atoms with Crippen molar-refractivity contribution in [2.75, 3.05) is 26.8 Å². The van der Waals surface area contributed by atoms with E-state index in [9.17, 15) is 0 Å². The third-order valence-electron chi connectivity index (χ3n) is 3.45. The monoisotopic (exact) mass is 263 g/mol. The van der Waals surface area contributed by atoms with Crippen LogP contribution in [0.5, 0.6) is 11.5 Å². The minimum absolute atomic E-state index is 0.456. The van der Waals surface area contributed by atoms with Crippen LogP contribution in [0.25, 0.3) is 0 Å². The van der Waals surface area contributed by atoms with Crippen LogP contribution in [0, 0.1) is 5.92 Å². The summed E-state index contributed by atoms with van der Waals surface area (Å²) in [7, 11) is 2.00. The molecule has 1 aliphatic heterocycles. The molecule has 0 radical (unpaired) electrons. The SMILES string of the molecule is CNCCCCCc1ccc2c(c1)OCC(C)CO2. The first-order chi connectivity index (χ1) is 9.29. The maximum absolute atomic E-state index is 5.81. The van der Waals surface area contributed by atoms with Gasteiger partial charge in [-0.3, -0.25) is 0 Å². The normalized spacial score (nSPS) is 18.1. The first kappa shape index (κ1) is 14.2. The van der Waals surface area contributed by atoms with E-state index >= 15 is 0 Å². The fourth-order valence-corrected chi connectivity index (χ4v) is 2.26. The van der Waals surface area contributed by atoms with Gasteiger partial charge in [0.25, 0.3) is 0 Å². The highest BCUT2D eigenvalue weighted by Gasteiger charge is 2.14. The minimum Gasteiger partial charge on any atom is -0.489 e. The molecule has 1 unspecified atom stereocenters. The molecule has 0 amide bonds. The van der Waals surface area contributed by atoms with E-state index in [2.05, 4.69) is 30.4 Å². The second kappa shape index (κ2) is 7.39. The fourth-order valence-electron chi connectivity index (χ4n) is 2.26. The molecule has 0 aliphatic carbocycles. The predicted octanol–water partition coefficient (Wildman–Crippen LogP) is 3.03. The summed E-state index contributed by atoms with van der Waals surface area (Å²) in [6, 6.07) is 6.36. The number of rotatable bonds is 6. The van der Waals surface area contributed by atoms with Crippen LogP contribution in [-0.4, -0.2) is 26.8 Å². The van der Waals surface area contributed by atoms with Gasteiger partial charge in [-0.2, -0.15) is 0 Å². The van der Waals surface area contributed by atoms with Crippen LogP contribution in [-0.2, 0) is 6.42 Å². The lowest BCUT2D eigenvalue weighted by atomic mass is 10.1. The van der Waals surface area contributed by atoms with Gasteiger partial charge in [0.1, 0.15) is 0 Å². The summed E-state index contributed by atoms with van der Waals surface area (Å²) in [5.41, 5.74) is 1.35. The van der Waals surface area contributed by atoms with Gasteiger partial charge in [0.2, 0.25) is 0 Å². The van der Waals surface area contributed by atoms with Gasteiger partial charge in [-0.25, -0.2) is 0 Å². The van der Waals surface area contributed by atoms with Crippen molar-refractivity contribution in [3.05, 3.63) is 23.8 Å². The zero-order valence-electron chi connectivity index (χ0n) is 12.1. The van der Waals surface area contributed by atoms with Crippen LogP contribution in [0.4, 0.5) is 0 Å². The quantitative estimate of drug-likeness (QED) is 0.800. The second-order valence-corrected chi connectivity index (χ2v) is 5.42. The van der Waals surface area contributed by atoms with Crippen LogP contribution in [0.1, 0.15) is 31.7 Å². The summed E-state index contributed by atoms with van der Waals surface area (Å²) in [6.45, 7) is 4.75. The number of nitrogens with one attached hydrogen (secondary N) is 1. The molecule has 1 heterocycles. The highest BCUT2D eigenvalue weighted by atomic mass is 16.5. The van der Waals surface area contributed by atoms with Gasteiger partial charge in [-0.05, 0) is 50.6 Å². The number of aryl methyl sites for hydroxylation is 1. The van der Waals surface area contributed by atoms with E-state index in [1.165, 1.54) is 24.8 Å². The third kappa shape index (κ3) is 4.43. The zero-order chi connectivity index (χ0) is 13.5. The zero-order valence-corrected chi connectivity index (χ0v) is 12.1. The Morgan fingerprint density at radius 1 is 1.11 bits per heavy atom. The molecule has 1 aromatic rings. The summed E-state index contributed by atoms with van der Waals surface area (Å²) < 4.78 is 11.6. The van der Waals surface area contributed by atoms with Gasteiger partial charge in [-0.15, -0.1) is 0 Å². The molecule has 2 rings (SSSR count). The van der Waals surface area contributed by atoms with E-state index in [4.69, 9.17) is 9.47 Å². The number of hydrogen-bond donors (Lipinski definition) is 1. The smallest absolute Gasteiger partial charge is 0.161 e. The minimum atomic E-state index is 0.456. The molecule has 0 aromatic heterocycles. The van der Waals surface area contributed by atoms with Gasteiger partial charge >= 0.3 is 0 Å². The molecule has 3 nitrogen and oxygen atoms in total. The molecule has 1 aromatic carbocycles. The molecular formula is C16H25NO2. The van der Waals surface area contributed by atoms with Crippen molar-refractivity contribution in [2.45, 2.75) is 32.6 Å². The van der Waals surface area contributed by atoms with Crippen molar-refractivity contribution in [1.82, 2.24) is 5.32 Å². The molecule has 0 fully saturated rings. The van der Waals surface area contributed by atoms with Crippen molar-refractivity contribution in [2.24, 2.45) is 5.92 Å². The highest BCUT2D eigenvalue weighted by Crippen LogP contribution is 2.31. The average molecular weight is 263 g/mol. The summed E-state index contributed by atoms with van der Waals surface area (Å²) in [5, 5.41) is 3.18. The van der Waals surface area contributed by atoms with Crippen molar-refractivity contribution in [3.63, 3.8) is 0 Å². The predicted molar refractivity (Wildman–Crippen MR) is 78.1 cm³/mol. The van der Waals surface area contributed by atoms with E-state index in [0.29, 0.717) is 5.92 Å². The topological polar surface area (TPSA) is 30.5 Å². The molecule has 106 valence electrons. The summed E-state index contributed by atoms with van der Waals surface area (Å²) >= 11 is 0. The molecule has 0 spiro atoms. The largest absolute Gasteiger partial charge is 0.489 e. The van der Waals surface area contributed by atoms with E-state index in [-0.39, 0.29) is 0 Å². The molecule has 19 heavy (non-hydrogen) atoms. The lowest BCUT2D eigenvalue weighted by molar-refractivity contribution is 0.228. The average Bonchev–Trinajstić information content (AvgIpc) is 2.61. The summed E-state index contributed by atoms with van der Waals surface area (Å²) in [4.78, 5) is 0. The molecule has 0 saturated carbocycles. The standard InChI is InChI=1S/C16H25NO2/c1-13-11-18-15-8-7-14(10-16(15)19-12-13)6-4-3-5-9-17-2/h7-8,10,13,17H,3-6,9,11-12H2,1-2H3. The van der Waals surface area contributed by atoms with Crippen molar-refractivity contribution < 1.29 is 9.47 Å². The number of unbranched alkanes of at least 4 members (excludes halogenated alkanes) is 2. The van der Waals surface area contributed by atoms with E-state index < -0.39 is 0 Å². The first-order valence-electron chi connectivity index (χ1n) is 7.32. The van der Waals surface area contributed by atoms with Gasteiger partial charge in [0.05, 0.1) is 13.2 Å². The van der Waals surface area contributed by atoms with E-state index in [1.807, 2.05) is 7.05 Å².